The summed E-state index contributed by atoms with van der Waals surface area (Å²) in [4.78, 5) is 0. The van der Waals surface area contributed by atoms with E-state index < -0.39 is 0 Å². The molecule has 0 heterocycles. The molecule has 0 spiro atoms. The summed E-state index contributed by atoms with van der Waals surface area (Å²) in [5, 5.41) is 4.32. The molecule has 1 rings (SSSR count). The summed E-state index contributed by atoms with van der Waals surface area (Å²) < 4.78 is 5.75. The van der Waals surface area contributed by atoms with Crippen LogP contribution in [0.5, 0.6) is 0 Å². The minimum atomic E-state index is 0.240. The molecule has 0 bridgehead atoms. The monoisotopic (exact) mass is 269 g/mol. The van der Waals surface area contributed by atoms with E-state index in [1.54, 1.807) is 0 Å². The highest BCUT2D eigenvalue weighted by atomic mass is 35.5. The number of hydrogen-bond donors (Lipinski definition) is 1. The predicted molar refractivity (Wildman–Crippen MR) is 78.3 cm³/mol. The molecular weight excluding hydrogens is 246 g/mol. The lowest BCUT2D eigenvalue weighted by molar-refractivity contribution is 0.0610. The Balaban J connectivity index is 2.79. The van der Waals surface area contributed by atoms with Gasteiger partial charge in [0.15, 0.2) is 0 Å². The van der Waals surface area contributed by atoms with Crippen molar-refractivity contribution < 1.29 is 4.74 Å². The van der Waals surface area contributed by atoms with Crippen LogP contribution in [0.3, 0.4) is 0 Å². The lowest BCUT2D eigenvalue weighted by Gasteiger charge is -2.22. The molecule has 1 atom stereocenters. The number of rotatable bonds is 7. The molecule has 0 amide bonds. The number of halogens is 1. The fourth-order valence-corrected chi connectivity index (χ4v) is 2.12. The molecule has 0 saturated heterocycles. The highest BCUT2D eigenvalue weighted by molar-refractivity contribution is 6.30. The van der Waals surface area contributed by atoms with E-state index in [0.717, 1.165) is 18.0 Å². The fourth-order valence-electron chi connectivity index (χ4n) is 1.90. The van der Waals surface area contributed by atoms with Gasteiger partial charge in [-0.05, 0) is 57.0 Å². The first kappa shape index (κ1) is 15.5. The number of benzene rings is 1. The van der Waals surface area contributed by atoms with Gasteiger partial charge in [-0.15, -0.1) is 0 Å². The van der Waals surface area contributed by atoms with Gasteiger partial charge in [0.2, 0.25) is 0 Å². The van der Waals surface area contributed by atoms with E-state index in [0.29, 0.717) is 6.61 Å². The van der Waals surface area contributed by atoms with Crippen LogP contribution in [0.25, 0.3) is 0 Å². The number of ether oxygens (including phenoxy) is 1. The van der Waals surface area contributed by atoms with Gasteiger partial charge in [0.25, 0.3) is 0 Å². The quantitative estimate of drug-likeness (QED) is 0.804. The van der Waals surface area contributed by atoms with E-state index in [4.69, 9.17) is 16.3 Å². The predicted octanol–water partition coefficient (Wildman–Crippen LogP) is 4.11. The Bertz CT molecular complexity index is 366. The largest absolute Gasteiger partial charge is 0.377 e. The third kappa shape index (κ3) is 4.97. The highest BCUT2D eigenvalue weighted by Gasteiger charge is 2.14. The molecule has 1 N–H and O–H groups in total. The van der Waals surface area contributed by atoms with Crippen molar-refractivity contribution in [1.29, 1.82) is 0 Å². The zero-order chi connectivity index (χ0) is 13.5. The molecule has 0 radical (unpaired) electrons. The van der Waals surface area contributed by atoms with Crippen LogP contribution in [0, 0.1) is 6.92 Å². The zero-order valence-corrected chi connectivity index (χ0v) is 12.6. The Hall–Kier alpha value is -0.570. The van der Waals surface area contributed by atoms with Crippen LogP contribution in [-0.2, 0) is 4.74 Å². The Morgan fingerprint density at radius 2 is 2.06 bits per heavy atom. The SMILES string of the molecule is CCCNC(COC(C)C)c1ccc(Cl)cc1C. The Morgan fingerprint density at radius 1 is 1.33 bits per heavy atom. The first-order valence-corrected chi connectivity index (χ1v) is 7.03. The van der Waals surface area contributed by atoms with Crippen molar-refractivity contribution in [2.45, 2.75) is 46.3 Å². The second-order valence-electron chi connectivity index (χ2n) is 4.89. The van der Waals surface area contributed by atoms with Crippen molar-refractivity contribution in [3.8, 4) is 0 Å². The first-order valence-electron chi connectivity index (χ1n) is 6.65. The van der Waals surface area contributed by atoms with Crippen molar-refractivity contribution >= 4 is 11.6 Å². The number of hydrogen-bond acceptors (Lipinski definition) is 2. The van der Waals surface area contributed by atoms with Crippen LogP contribution in [0.4, 0.5) is 0 Å². The average molecular weight is 270 g/mol. The maximum Gasteiger partial charge on any atom is 0.0665 e. The summed E-state index contributed by atoms with van der Waals surface area (Å²) in [5.74, 6) is 0. The summed E-state index contributed by atoms with van der Waals surface area (Å²) in [6.45, 7) is 10.1. The fraction of sp³-hybridized carbons (Fsp3) is 0.600. The lowest BCUT2D eigenvalue weighted by atomic mass is 10.0. The second kappa shape index (κ2) is 7.78. The van der Waals surface area contributed by atoms with E-state index in [1.807, 2.05) is 12.1 Å². The summed E-state index contributed by atoms with van der Waals surface area (Å²) in [6, 6.07) is 6.28. The van der Waals surface area contributed by atoms with Crippen molar-refractivity contribution in [3.05, 3.63) is 34.3 Å². The Labute approximate surface area is 116 Å². The minimum Gasteiger partial charge on any atom is -0.377 e. The smallest absolute Gasteiger partial charge is 0.0665 e. The van der Waals surface area contributed by atoms with Crippen LogP contribution < -0.4 is 5.32 Å². The van der Waals surface area contributed by atoms with Crippen LogP contribution >= 0.6 is 11.6 Å². The van der Waals surface area contributed by atoms with Crippen molar-refractivity contribution in [2.24, 2.45) is 0 Å². The van der Waals surface area contributed by atoms with E-state index in [9.17, 15) is 0 Å². The normalized spacial score (nSPS) is 13.0. The van der Waals surface area contributed by atoms with Crippen LogP contribution in [0.15, 0.2) is 18.2 Å². The van der Waals surface area contributed by atoms with Crippen molar-refractivity contribution in [3.63, 3.8) is 0 Å². The molecule has 0 saturated carbocycles. The van der Waals surface area contributed by atoms with Gasteiger partial charge in [-0.1, -0.05) is 24.6 Å². The van der Waals surface area contributed by atoms with E-state index >= 15 is 0 Å². The number of aryl methyl sites for hydroxylation is 1. The van der Waals surface area contributed by atoms with Gasteiger partial charge in [0, 0.05) is 5.02 Å². The highest BCUT2D eigenvalue weighted by Crippen LogP contribution is 2.22. The molecule has 0 aliphatic rings. The van der Waals surface area contributed by atoms with E-state index in [1.165, 1.54) is 11.1 Å². The summed E-state index contributed by atoms with van der Waals surface area (Å²) in [5.41, 5.74) is 2.48. The molecule has 18 heavy (non-hydrogen) atoms. The van der Waals surface area contributed by atoms with Gasteiger partial charge in [0.1, 0.15) is 0 Å². The van der Waals surface area contributed by atoms with Crippen LogP contribution in [-0.4, -0.2) is 19.3 Å². The first-order chi connectivity index (χ1) is 8.54. The molecule has 1 aromatic rings. The molecule has 1 aromatic carbocycles. The third-order valence-electron chi connectivity index (χ3n) is 2.84. The van der Waals surface area contributed by atoms with Gasteiger partial charge < -0.3 is 10.1 Å². The Kier molecular flexibility index (Phi) is 6.69. The molecule has 0 aromatic heterocycles. The lowest BCUT2D eigenvalue weighted by Crippen LogP contribution is -2.28. The average Bonchev–Trinajstić information content (AvgIpc) is 2.30. The topological polar surface area (TPSA) is 21.3 Å². The molecule has 0 fully saturated rings. The van der Waals surface area contributed by atoms with Crippen molar-refractivity contribution in [2.75, 3.05) is 13.2 Å². The van der Waals surface area contributed by atoms with Gasteiger partial charge in [-0.25, -0.2) is 0 Å². The van der Waals surface area contributed by atoms with Crippen molar-refractivity contribution in [1.82, 2.24) is 5.32 Å². The third-order valence-corrected chi connectivity index (χ3v) is 3.08. The molecule has 3 heteroatoms. The summed E-state index contributed by atoms with van der Waals surface area (Å²) in [7, 11) is 0. The maximum absolute atomic E-state index is 6.00. The van der Waals surface area contributed by atoms with E-state index in [-0.39, 0.29) is 12.1 Å². The van der Waals surface area contributed by atoms with Gasteiger partial charge in [-0.3, -0.25) is 0 Å². The Morgan fingerprint density at radius 3 is 2.61 bits per heavy atom. The summed E-state index contributed by atoms with van der Waals surface area (Å²) in [6.07, 6.45) is 1.37. The standard InChI is InChI=1S/C15H24ClNO/c1-5-8-17-15(10-18-11(2)3)14-7-6-13(16)9-12(14)4/h6-7,9,11,15,17H,5,8,10H2,1-4H3. The minimum absolute atomic E-state index is 0.240. The second-order valence-corrected chi connectivity index (χ2v) is 5.33. The van der Waals surface area contributed by atoms with Gasteiger partial charge in [0.05, 0.1) is 18.8 Å². The van der Waals surface area contributed by atoms with Gasteiger partial charge in [-0.2, -0.15) is 0 Å². The molecule has 2 nitrogen and oxygen atoms in total. The zero-order valence-electron chi connectivity index (χ0n) is 11.8. The maximum atomic E-state index is 6.00. The van der Waals surface area contributed by atoms with Gasteiger partial charge >= 0.3 is 0 Å². The molecular formula is C15H24ClNO. The summed E-state index contributed by atoms with van der Waals surface area (Å²) >= 11 is 6.00. The molecule has 0 aliphatic heterocycles. The van der Waals surface area contributed by atoms with E-state index in [2.05, 4.69) is 39.1 Å². The molecule has 1 unspecified atom stereocenters. The number of nitrogens with one attached hydrogen (secondary N) is 1. The van der Waals surface area contributed by atoms with Crippen LogP contribution in [0.1, 0.15) is 44.4 Å². The molecule has 0 aliphatic carbocycles. The van der Waals surface area contributed by atoms with Crippen LogP contribution in [0.2, 0.25) is 5.02 Å². The molecule has 102 valence electrons.